The molecule has 10 nitrogen and oxygen atoms in total. The summed E-state index contributed by atoms with van der Waals surface area (Å²) in [5.74, 6) is 2.16. The molecule has 52 heavy (non-hydrogen) atoms. The lowest BCUT2D eigenvalue weighted by Crippen LogP contribution is -2.52. The van der Waals surface area contributed by atoms with Crippen molar-refractivity contribution in [2.24, 2.45) is 11.3 Å². The van der Waals surface area contributed by atoms with Crippen LogP contribution in [0.4, 0.5) is 14.6 Å². The van der Waals surface area contributed by atoms with Crippen LogP contribution >= 0.6 is 0 Å². The number of benzene rings is 2. The highest BCUT2D eigenvalue weighted by Gasteiger charge is 2.48. The number of halogens is 2. The summed E-state index contributed by atoms with van der Waals surface area (Å²) < 4.78 is 68.3. The normalized spacial score (nSPS) is 24.9. The van der Waals surface area contributed by atoms with Crippen molar-refractivity contribution in [3.05, 3.63) is 47.7 Å². The molecule has 3 aliphatic heterocycles. The second kappa shape index (κ2) is 14.0. The van der Waals surface area contributed by atoms with E-state index in [0.29, 0.717) is 67.0 Å². The molecule has 4 aromatic rings. The number of phenolic OH excluding ortho intramolecular Hbond substituents is 1. The van der Waals surface area contributed by atoms with E-state index in [1.54, 1.807) is 0 Å². The zero-order valence-electron chi connectivity index (χ0n) is 29.1. The summed E-state index contributed by atoms with van der Waals surface area (Å²) >= 11 is 0. The summed E-state index contributed by atoms with van der Waals surface area (Å²) in [5, 5.41) is 11.7. The van der Waals surface area contributed by atoms with Crippen LogP contribution in [0.25, 0.3) is 32.9 Å². The molecule has 4 aliphatic rings. The number of likely N-dealkylation sites (tertiary alicyclic amines) is 1. The molecule has 1 aliphatic carbocycles. The molecule has 0 spiro atoms. The minimum Gasteiger partial charge on any atom is -0.508 e. The number of sulfone groups is 1. The van der Waals surface area contributed by atoms with E-state index in [4.69, 9.17) is 20.9 Å². The van der Waals surface area contributed by atoms with Gasteiger partial charge >= 0.3 is 6.01 Å². The van der Waals surface area contributed by atoms with Crippen LogP contribution in [0.5, 0.6) is 11.8 Å². The van der Waals surface area contributed by atoms with Gasteiger partial charge in [-0.3, -0.25) is 9.88 Å². The monoisotopic (exact) mass is 731 g/mol. The summed E-state index contributed by atoms with van der Waals surface area (Å²) in [6, 6.07) is 5.87. The topological polar surface area (TPSA) is 118 Å². The maximum absolute atomic E-state index is 17.0. The Hall–Kier alpha value is -4.12. The molecule has 1 N–H and O–H groups in total. The Kier molecular flexibility index (Phi) is 9.42. The zero-order chi connectivity index (χ0) is 36.0. The first kappa shape index (κ1) is 34.9. The van der Waals surface area contributed by atoms with E-state index in [1.165, 1.54) is 30.5 Å². The Balaban J connectivity index is 1.15. The Labute approximate surface area is 302 Å². The number of terminal acetylenes is 1. The molecule has 13 heteroatoms. The molecule has 3 saturated heterocycles. The fraction of sp³-hybridized carbons (Fsp3) is 0.513. The summed E-state index contributed by atoms with van der Waals surface area (Å²) in [6.07, 6.45) is 14.7. The third-order valence-electron chi connectivity index (χ3n) is 11.7. The number of ether oxygens (including phenoxy) is 2. The molecule has 0 amide bonds. The highest BCUT2D eigenvalue weighted by atomic mass is 32.2. The average Bonchev–Trinajstić information content (AvgIpc) is 3.61. The molecule has 274 valence electrons. The maximum Gasteiger partial charge on any atom is 0.319 e. The van der Waals surface area contributed by atoms with Crippen LogP contribution < -0.4 is 9.64 Å². The molecule has 1 saturated carbocycles. The smallest absolute Gasteiger partial charge is 0.319 e. The van der Waals surface area contributed by atoms with Crippen molar-refractivity contribution in [3.63, 3.8) is 0 Å². The lowest BCUT2D eigenvalue weighted by atomic mass is 9.75. The predicted octanol–water partition coefficient (Wildman–Crippen LogP) is 5.88. The number of rotatable bonds is 8. The second-order valence-electron chi connectivity index (χ2n) is 14.9. The lowest BCUT2D eigenvalue weighted by Gasteiger charge is -2.46. The van der Waals surface area contributed by atoms with Crippen molar-refractivity contribution in [2.45, 2.75) is 57.4 Å². The van der Waals surface area contributed by atoms with E-state index in [0.717, 1.165) is 64.5 Å². The van der Waals surface area contributed by atoms with Crippen molar-refractivity contribution < 1.29 is 31.8 Å². The second-order valence-corrected chi connectivity index (χ2v) is 17.1. The van der Waals surface area contributed by atoms with Crippen molar-refractivity contribution in [2.75, 3.05) is 62.4 Å². The van der Waals surface area contributed by atoms with Gasteiger partial charge in [0, 0.05) is 48.3 Å². The van der Waals surface area contributed by atoms with Gasteiger partial charge in [0.1, 0.15) is 28.6 Å². The van der Waals surface area contributed by atoms with Gasteiger partial charge in [-0.05, 0) is 87.5 Å². The van der Waals surface area contributed by atoms with Gasteiger partial charge in [0.05, 0.1) is 35.7 Å². The third-order valence-corrected chi connectivity index (χ3v) is 13.5. The molecule has 8 rings (SSSR count). The number of fused-ring (bicyclic) bond motifs is 3. The van der Waals surface area contributed by atoms with Gasteiger partial charge in [-0.2, -0.15) is 9.97 Å². The van der Waals surface area contributed by atoms with Gasteiger partial charge in [0.25, 0.3) is 0 Å². The molecule has 5 heterocycles. The largest absolute Gasteiger partial charge is 0.508 e. The van der Waals surface area contributed by atoms with Crippen LogP contribution in [-0.4, -0.2) is 96.9 Å². The fourth-order valence-corrected chi connectivity index (χ4v) is 11.1. The van der Waals surface area contributed by atoms with Gasteiger partial charge in [-0.15, -0.1) is 6.42 Å². The van der Waals surface area contributed by atoms with E-state index in [1.807, 2.05) is 4.90 Å². The van der Waals surface area contributed by atoms with Crippen LogP contribution in [0.1, 0.15) is 56.9 Å². The number of pyridine rings is 1. The summed E-state index contributed by atoms with van der Waals surface area (Å²) in [7, 11) is -2.91. The number of hydrogen-bond donors (Lipinski definition) is 1. The first-order valence-corrected chi connectivity index (χ1v) is 20.2. The van der Waals surface area contributed by atoms with Crippen LogP contribution in [0.3, 0.4) is 0 Å². The maximum atomic E-state index is 17.0. The van der Waals surface area contributed by atoms with E-state index in [9.17, 15) is 17.9 Å². The number of hydrogen-bond acceptors (Lipinski definition) is 10. The lowest BCUT2D eigenvalue weighted by molar-refractivity contribution is -0.00223. The number of anilines is 1. The zero-order valence-corrected chi connectivity index (χ0v) is 29.9. The molecule has 0 radical (unpaired) electrons. The molecule has 0 bridgehead atoms. The minimum absolute atomic E-state index is 0.00239. The van der Waals surface area contributed by atoms with E-state index in [2.05, 4.69) is 20.8 Å². The summed E-state index contributed by atoms with van der Waals surface area (Å²) in [5.41, 5.74) is -0.142. The first-order valence-electron chi connectivity index (χ1n) is 18.3. The number of aromatic hydroxyl groups is 1. The Morgan fingerprint density at radius 2 is 1.94 bits per heavy atom. The number of nitrogens with zero attached hydrogens (tertiary/aromatic N) is 5. The van der Waals surface area contributed by atoms with E-state index >= 15 is 4.39 Å². The number of piperidine rings is 1. The van der Waals surface area contributed by atoms with Gasteiger partial charge in [0.15, 0.2) is 15.7 Å². The molecule has 2 aromatic carbocycles. The van der Waals surface area contributed by atoms with Crippen LogP contribution in [0.15, 0.2) is 30.5 Å². The van der Waals surface area contributed by atoms with Crippen LogP contribution in [0, 0.1) is 35.3 Å². The Morgan fingerprint density at radius 3 is 2.77 bits per heavy atom. The Bertz CT molecular complexity index is 2170. The number of aromatic nitrogens is 3. The van der Waals surface area contributed by atoms with Crippen molar-refractivity contribution in [1.82, 2.24) is 19.9 Å². The predicted molar refractivity (Wildman–Crippen MR) is 195 cm³/mol. The van der Waals surface area contributed by atoms with Gasteiger partial charge in [-0.1, -0.05) is 18.4 Å². The van der Waals surface area contributed by atoms with Crippen molar-refractivity contribution in [3.8, 4) is 35.4 Å². The Morgan fingerprint density at radius 1 is 1.08 bits per heavy atom. The summed E-state index contributed by atoms with van der Waals surface area (Å²) in [6.45, 7) is 4.50. The first-order chi connectivity index (χ1) is 25.1. The average molecular weight is 732 g/mol. The van der Waals surface area contributed by atoms with Crippen LogP contribution in [-0.2, 0) is 14.6 Å². The highest BCUT2D eigenvalue weighted by Crippen LogP contribution is 2.48. The quantitative estimate of drug-likeness (QED) is 0.221. The summed E-state index contributed by atoms with van der Waals surface area (Å²) in [4.78, 5) is 18.6. The molecule has 4 fully saturated rings. The van der Waals surface area contributed by atoms with Crippen LogP contribution in [0.2, 0.25) is 0 Å². The van der Waals surface area contributed by atoms with E-state index < -0.39 is 21.5 Å². The highest BCUT2D eigenvalue weighted by molar-refractivity contribution is 7.91. The standard InChI is InChI=1S/C39H43F2N5O5S/c1-2-28-31(40)8-7-26-20-27(47)21-29(33(26)28)35-34(41)36-30(22-42-35)37(46-14-5-17-50-18-16-46)44-38(43-36)51-24-39-11-3-6-32(39)45(13-4-12-39)15-9-25-10-19-52(48,49)23-25/h1,7-8,20-22,25,32,47H,3-6,9-19,23-24H2/t25?,32-,39-/m1/s1. The number of phenols is 1. The minimum atomic E-state index is -2.91. The van der Waals surface area contributed by atoms with Crippen molar-refractivity contribution in [1.29, 1.82) is 0 Å². The van der Waals surface area contributed by atoms with E-state index in [-0.39, 0.29) is 50.8 Å². The van der Waals surface area contributed by atoms with Gasteiger partial charge < -0.3 is 19.5 Å². The molecular formula is C39H43F2N5O5S. The molecular weight excluding hydrogens is 689 g/mol. The van der Waals surface area contributed by atoms with Gasteiger partial charge in [0.2, 0.25) is 0 Å². The molecule has 2 aromatic heterocycles. The van der Waals surface area contributed by atoms with Gasteiger partial charge in [-0.25, -0.2) is 17.2 Å². The third kappa shape index (κ3) is 6.54. The molecule has 1 unspecified atom stereocenters. The SMILES string of the molecule is C#Cc1c(F)ccc2cc(O)cc(-c3ncc4c(N5CCCOCC5)nc(OC[C@]56CCC[C@H]5N(CCC5CCS(=O)(=O)C5)CCC6)nc4c3F)c12. The van der Waals surface area contributed by atoms with Crippen molar-refractivity contribution >= 4 is 37.3 Å². The molecule has 3 atom stereocenters. The fourth-order valence-electron chi connectivity index (χ4n) is 9.16.